The first kappa shape index (κ1) is 17.1. The standard InChI is InChI=1S/C11H15N2O7P/c1-2-19-21(18,12-8-7-11(14)15)20-10-5-3-9(4-6-10)13(16)17/h3-6H,2,7-8H2,1H3,(H,12,18)(H,14,15). The first-order chi connectivity index (χ1) is 9.86. The normalized spacial score (nSPS) is 13.4. The van der Waals surface area contributed by atoms with Gasteiger partial charge in [-0.05, 0) is 19.1 Å². The molecule has 1 atom stereocenters. The molecule has 0 bridgehead atoms. The van der Waals surface area contributed by atoms with Crippen LogP contribution in [0.1, 0.15) is 13.3 Å². The fourth-order valence-corrected chi connectivity index (χ4v) is 2.67. The van der Waals surface area contributed by atoms with Gasteiger partial charge in [0.05, 0.1) is 18.0 Å². The average molecular weight is 318 g/mol. The van der Waals surface area contributed by atoms with Crippen LogP contribution in [0, 0.1) is 10.1 Å². The largest absolute Gasteiger partial charge is 0.481 e. The van der Waals surface area contributed by atoms with Crippen molar-refractivity contribution in [2.24, 2.45) is 0 Å². The van der Waals surface area contributed by atoms with Crippen LogP contribution in [0.5, 0.6) is 5.75 Å². The number of hydrogen-bond donors (Lipinski definition) is 2. The van der Waals surface area contributed by atoms with E-state index in [1.807, 2.05) is 0 Å². The van der Waals surface area contributed by atoms with E-state index in [1.165, 1.54) is 24.3 Å². The number of non-ortho nitro benzene ring substituents is 1. The van der Waals surface area contributed by atoms with Gasteiger partial charge in [0.2, 0.25) is 0 Å². The second-order valence-electron chi connectivity index (χ2n) is 3.81. The Hall–Kier alpha value is -1.96. The number of nitrogens with zero attached hydrogens (tertiary/aromatic N) is 1. The number of benzene rings is 1. The minimum absolute atomic E-state index is 0.0876. The molecule has 1 aromatic carbocycles. The van der Waals surface area contributed by atoms with Gasteiger partial charge in [0.15, 0.2) is 0 Å². The van der Waals surface area contributed by atoms with Crippen LogP contribution < -0.4 is 9.61 Å². The van der Waals surface area contributed by atoms with Crippen molar-refractivity contribution in [1.29, 1.82) is 0 Å². The molecule has 0 heterocycles. The number of carboxylic acid groups (broad SMARTS) is 1. The molecule has 10 heteroatoms. The lowest BCUT2D eigenvalue weighted by Crippen LogP contribution is -2.20. The minimum atomic E-state index is -3.72. The summed E-state index contributed by atoms with van der Waals surface area (Å²) in [5.74, 6) is -0.943. The zero-order valence-electron chi connectivity index (χ0n) is 11.2. The molecule has 1 unspecified atom stereocenters. The smallest absolute Gasteiger partial charge is 0.458 e. The van der Waals surface area contributed by atoms with Crippen LogP contribution in [0.4, 0.5) is 5.69 Å². The molecule has 0 saturated carbocycles. The molecule has 9 nitrogen and oxygen atoms in total. The van der Waals surface area contributed by atoms with E-state index < -0.39 is 18.6 Å². The van der Waals surface area contributed by atoms with E-state index in [4.69, 9.17) is 14.2 Å². The second kappa shape index (κ2) is 7.72. The van der Waals surface area contributed by atoms with Crippen molar-refractivity contribution in [1.82, 2.24) is 5.09 Å². The van der Waals surface area contributed by atoms with Gasteiger partial charge in [0.1, 0.15) is 5.75 Å². The first-order valence-corrected chi connectivity index (χ1v) is 7.56. The van der Waals surface area contributed by atoms with E-state index in [2.05, 4.69) is 5.09 Å². The molecule has 0 aliphatic rings. The molecule has 0 fully saturated rings. The zero-order valence-corrected chi connectivity index (χ0v) is 12.1. The number of hydrogen-bond acceptors (Lipinski definition) is 6. The predicted molar refractivity (Wildman–Crippen MR) is 73.2 cm³/mol. The maximum Gasteiger partial charge on any atom is 0.458 e. The van der Waals surface area contributed by atoms with Crippen molar-refractivity contribution in [3.63, 3.8) is 0 Å². The first-order valence-electron chi connectivity index (χ1n) is 6.02. The Morgan fingerprint density at radius 1 is 1.43 bits per heavy atom. The van der Waals surface area contributed by atoms with Gasteiger partial charge in [-0.3, -0.25) is 19.4 Å². The fraction of sp³-hybridized carbons (Fsp3) is 0.364. The van der Waals surface area contributed by atoms with E-state index in [1.54, 1.807) is 6.92 Å². The van der Waals surface area contributed by atoms with Crippen molar-refractivity contribution in [3.05, 3.63) is 34.4 Å². The number of aliphatic carboxylic acids is 1. The molecule has 21 heavy (non-hydrogen) atoms. The van der Waals surface area contributed by atoms with Crippen LogP contribution in [-0.2, 0) is 13.9 Å². The molecule has 116 valence electrons. The molecular formula is C11H15N2O7P. The Morgan fingerprint density at radius 2 is 2.05 bits per heavy atom. The third-order valence-corrected chi connectivity index (χ3v) is 3.88. The Morgan fingerprint density at radius 3 is 2.52 bits per heavy atom. The van der Waals surface area contributed by atoms with Crippen LogP contribution in [-0.4, -0.2) is 29.2 Å². The SMILES string of the molecule is CCOP(=O)(NCCC(=O)O)Oc1ccc([N+](=O)[O-])cc1. The molecule has 0 aromatic heterocycles. The van der Waals surface area contributed by atoms with Crippen LogP contribution >= 0.6 is 7.75 Å². The Labute approximate surface area is 120 Å². The van der Waals surface area contributed by atoms with E-state index >= 15 is 0 Å². The number of nitrogens with one attached hydrogen (secondary N) is 1. The Bertz CT molecular complexity index is 546. The zero-order chi connectivity index (χ0) is 15.9. The lowest BCUT2D eigenvalue weighted by Gasteiger charge is -2.18. The molecule has 0 radical (unpaired) electrons. The average Bonchev–Trinajstić information content (AvgIpc) is 2.38. The summed E-state index contributed by atoms with van der Waals surface area (Å²) >= 11 is 0. The minimum Gasteiger partial charge on any atom is -0.481 e. The van der Waals surface area contributed by atoms with Crippen molar-refractivity contribution >= 4 is 19.4 Å². The highest BCUT2D eigenvalue weighted by Gasteiger charge is 2.25. The topological polar surface area (TPSA) is 128 Å². The quantitative estimate of drug-likeness (QED) is 0.403. The van der Waals surface area contributed by atoms with Crippen LogP contribution in [0.2, 0.25) is 0 Å². The highest BCUT2D eigenvalue weighted by molar-refractivity contribution is 7.52. The molecule has 0 aliphatic carbocycles. The van der Waals surface area contributed by atoms with Crippen molar-refractivity contribution in [3.8, 4) is 5.75 Å². The lowest BCUT2D eigenvalue weighted by atomic mass is 10.3. The molecule has 0 aliphatic heterocycles. The van der Waals surface area contributed by atoms with Gasteiger partial charge in [0.25, 0.3) is 5.69 Å². The lowest BCUT2D eigenvalue weighted by molar-refractivity contribution is -0.384. The summed E-state index contributed by atoms with van der Waals surface area (Å²) in [6, 6.07) is 4.96. The molecule has 2 N–H and O–H groups in total. The number of rotatable bonds is 9. The van der Waals surface area contributed by atoms with Crippen LogP contribution in [0.15, 0.2) is 24.3 Å². The molecule has 0 spiro atoms. The number of carboxylic acids is 1. The van der Waals surface area contributed by atoms with Gasteiger partial charge in [-0.15, -0.1) is 0 Å². The summed E-state index contributed by atoms with van der Waals surface area (Å²) in [4.78, 5) is 20.4. The highest BCUT2D eigenvalue weighted by Crippen LogP contribution is 2.44. The molecule has 1 rings (SSSR count). The van der Waals surface area contributed by atoms with E-state index in [-0.39, 0.29) is 31.0 Å². The van der Waals surface area contributed by atoms with Gasteiger partial charge in [-0.25, -0.2) is 9.65 Å². The number of nitro benzene ring substituents is 1. The second-order valence-corrected chi connectivity index (χ2v) is 5.56. The monoisotopic (exact) mass is 318 g/mol. The van der Waals surface area contributed by atoms with Crippen LogP contribution in [0.3, 0.4) is 0 Å². The van der Waals surface area contributed by atoms with Gasteiger partial charge >= 0.3 is 13.7 Å². The summed E-state index contributed by atoms with van der Waals surface area (Å²) in [7, 11) is -3.72. The summed E-state index contributed by atoms with van der Waals surface area (Å²) in [5, 5.41) is 21.5. The number of nitro groups is 1. The van der Waals surface area contributed by atoms with Gasteiger partial charge in [0, 0.05) is 18.7 Å². The Balaban J connectivity index is 2.74. The Kier molecular flexibility index (Phi) is 6.29. The van der Waals surface area contributed by atoms with Crippen molar-refractivity contribution in [2.75, 3.05) is 13.2 Å². The number of carbonyl (C=O) groups is 1. The molecule has 0 amide bonds. The van der Waals surface area contributed by atoms with Gasteiger partial charge in [-0.1, -0.05) is 0 Å². The third kappa shape index (κ3) is 5.90. The summed E-state index contributed by atoms with van der Waals surface area (Å²) in [6.07, 6.45) is -0.249. The van der Waals surface area contributed by atoms with Crippen molar-refractivity contribution < 1.29 is 28.4 Å². The van der Waals surface area contributed by atoms with E-state index in [0.717, 1.165) is 0 Å². The maximum absolute atomic E-state index is 12.3. The predicted octanol–water partition coefficient (Wildman–Crippen LogP) is 2.18. The van der Waals surface area contributed by atoms with E-state index in [0.29, 0.717) is 0 Å². The molecule has 1 aromatic rings. The fourth-order valence-electron chi connectivity index (χ4n) is 1.34. The molecular weight excluding hydrogens is 303 g/mol. The highest BCUT2D eigenvalue weighted by atomic mass is 31.2. The summed E-state index contributed by atoms with van der Waals surface area (Å²) < 4.78 is 22.5. The van der Waals surface area contributed by atoms with Crippen molar-refractivity contribution in [2.45, 2.75) is 13.3 Å². The van der Waals surface area contributed by atoms with E-state index in [9.17, 15) is 19.5 Å². The third-order valence-electron chi connectivity index (χ3n) is 2.22. The summed E-state index contributed by atoms with van der Waals surface area (Å²) in [5.41, 5.74) is -0.132. The van der Waals surface area contributed by atoms with Gasteiger partial charge in [-0.2, -0.15) is 0 Å². The summed E-state index contributed by atoms with van der Waals surface area (Å²) in [6.45, 7) is 1.59. The molecule has 0 saturated heterocycles. The maximum atomic E-state index is 12.3. The van der Waals surface area contributed by atoms with Gasteiger partial charge < -0.3 is 9.63 Å². The van der Waals surface area contributed by atoms with Crippen LogP contribution in [0.25, 0.3) is 0 Å².